The van der Waals surface area contributed by atoms with Crippen molar-refractivity contribution in [3.63, 3.8) is 0 Å². The summed E-state index contributed by atoms with van der Waals surface area (Å²) in [6.45, 7) is 7.52. The molecule has 4 heteroatoms. The van der Waals surface area contributed by atoms with Crippen LogP contribution >= 0.6 is 11.3 Å². The predicted octanol–water partition coefficient (Wildman–Crippen LogP) is 1.64. The topological polar surface area (TPSA) is 45.1 Å². The van der Waals surface area contributed by atoms with Gasteiger partial charge in [-0.15, -0.1) is 11.3 Å². The summed E-state index contributed by atoms with van der Waals surface area (Å²) in [4.78, 5) is 5.18. The summed E-state index contributed by atoms with van der Waals surface area (Å²) in [5.41, 5.74) is 1.76. The van der Waals surface area contributed by atoms with E-state index >= 15 is 0 Å². The Morgan fingerprint density at radius 1 is 1.57 bits per heavy atom. The normalized spacial score (nSPS) is 14.3. The molecule has 2 N–H and O–H groups in total. The molecule has 0 saturated heterocycles. The molecule has 0 aliphatic carbocycles. The molecule has 0 radical (unpaired) electrons. The molecule has 0 aliphatic heterocycles. The second-order valence-electron chi connectivity index (χ2n) is 4.48. The van der Waals surface area contributed by atoms with Gasteiger partial charge < -0.3 is 10.4 Å². The van der Waals surface area contributed by atoms with Crippen LogP contribution in [-0.4, -0.2) is 22.7 Å². The number of nitrogens with zero attached hydrogens (tertiary/aromatic N) is 1. The highest BCUT2D eigenvalue weighted by Crippen LogP contribution is 2.18. The minimum atomic E-state index is -0.310. The van der Waals surface area contributed by atoms with E-state index in [1.165, 1.54) is 4.88 Å². The van der Waals surface area contributed by atoms with Crippen molar-refractivity contribution in [2.24, 2.45) is 5.41 Å². The van der Waals surface area contributed by atoms with Gasteiger partial charge >= 0.3 is 0 Å². The summed E-state index contributed by atoms with van der Waals surface area (Å²) in [5.74, 6) is 0. The van der Waals surface area contributed by atoms with Gasteiger partial charge in [0, 0.05) is 24.2 Å². The van der Waals surface area contributed by atoms with Gasteiger partial charge in [-0.25, -0.2) is 0 Å². The second kappa shape index (κ2) is 4.87. The van der Waals surface area contributed by atoms with Crippen LogP contribution in [0.5, 0.6) is 0 Å². The van der Waals surface area contributed by atoms with Crippen molar-refractivity contribution in [2.75, 3.05) is 6.54 Å². The number of nitrogens with one attached hydrogen (secondary N) is 1. The van der Waals surface area contributed by atoms with E-state index in [4.69, 9.17) is 0 Å². The molecule has 1 aromatic heterocycles. The molecule has 3 nitrogen and oxygen atoms in total. The van der Waals surface area contributed by atoms with Crippen LogP contribution in [0.3, 0.4) is 0 Å². The van der Waals surface area contributed by atoms with E-state index in [0.717, 1.165) is 6.54 Å². The van der Waals surface area contributed by atoms with Gasteiger partial charge in [0.05, 0.1) is 11.6 Å². The zero-order valence-electron chi connectivity index (χ0n) is 8.95. The maximum atomic E-state index is 9.74. The van der Waals surface area contributed by atoms with Crippen LogP contribution in [0.4, 0.5) is 0 Å². The fourth-order valence-electron chi connectivity index (χ4n) is 0.968. The van der Waals surface area contributed by atoms with Crippen LogP contribution in [-0.2, 0) is 6.54 Å². The Bertz CT molecular complexity index is 254. The highest BCUT2D eigenvalue weighted by Gasteiger charge is 2.21. The minimum Gasteiger partial charge on any atom is -0.391 e. The molecule has 0 aromatic carbocycles. The molecular weight excluding hydrogens is 196 g/mol. The Hall–Kier alpha value is -0.450. The third kappa shape index (κ3) is 3.74. The Balaban J connectivity index is 2.22. The van der Waals surface area contributed by atoms with Crippen LogP contribution in [0.15, 0.2) is 11.7 Å². The van der Waals surface area contributed by atoms with E-state index < -0.39 is 0 Å². The Morgan fingerprint density at radius 2 is 2.29 bits per heavy atom. The van der Waals surface area contributed by atoms with E-state index in [1.807, 2.05) is 32.5 Å². The molecule has 1 aromatic rings. The average molecular weight is 214 g/mol. The van der Waals surface area contributed by atoms with Gasteiger partial charge in [0.15, 0.2) is 0 Å². The standard InChI is InChI=1S/C10H18N2OS/c1-10(2,3)9(13)6-11-4-8-5-12-7-14-8/h5,7,9,11,13H,4,6H2,1-3H3. The molecule has 1 unspecified atom stereocenters. The van der Waals surface area contributed by atoms with E-state index in [2.05, 4.69) is 10.3 Å². The van der Waals surface area contributed by atoms with Crippen molar-refractivity contribution >= 4 is 11.3 Å². The van der Waals surface area contributed by atoms with Crippen LogP contribution in [0, 0.1) is 5.41 Å². The molecule has 14 heavy (non-hydrogen) atoms. The highest BCUT2D eigenvalue weighted by molar-refractivity contribution is 7.09. The van der Waals surface area contributed by atoms with Crippen molar-refractivity contribution in [3.05, 3.63) is 16.6 Å². The SMILES string of the molecule is CC(C)(C)C(O)CNCc1cncs1. The van der Waals surface area contributed by atoms with Crippen molar-refractivity contribution in [2.45, 2.75) is 33.4 Å². The summed E-state index contributed by atoms with van der Waals surface area (Å²) in [6, 6.07) is 0. The first-order chi connectivity index (χ1) is 6.50. The van der Waals surface area contributed by atoms with Crippen LogP contribution < -0.4 is 5.32 Å². The van der Waals surface area contributed by atoms with Crippen molar-refractivity contribution in [1.29, 1.82) is 0 Å². The number of aromatic nitrogens is 1. The largest absolute Gasteiger partial charge is 0.391 e. The fraction of sp³-hybridized carbons (Fsp3) is 0.700. The summed E-state index contributed by atoms with van der Waals surface area (Å²) in [7, 11) is 0. The summed E-state index contributed by atoms with van der Waals surface area (Å²) < 4.78 is 0. The third-order valence-electron chi connectivity index (χ3n) is 2.12. The second-order valence-corrected chi connectivity index (χ2v) is 5.45. The molecule has 1 atom stereocenters. The number of rotatable bonds is 4. The molecule has 0 spiro atoms. The monoisotopic (exact) mass is 214 g/mol. The Morgan fingerprint density at radius 3 is 2.79 bits per heavy atom. The van der Waals surface area contributed by atoms with Gasteiger partial charge in [-0.2, -0.15) is 0 Å². The molecule has 80 valence electrons. The van der Waals surface area contributed by atoms with Crippen LogP contribution in [0.25, 0.3) is 0 Å². The lowest BCUT2D eigenvalue weighted by Crippen LogP contribution is -2.36. The summed E-state index contributed by atoms with van der Waals surface area (Å²) >= 11 is 1.63. The van der Waals surface area contributed by atoms with E-state index in [1.54, 1.807) is 11.3 Å². The van der Waals surface area contributed by atoms with Gasteiger partial charge in [-0.3, -0.25) is 4.98 Å². The lowest BCUT2D eigenvalue weighted by atomic mass is 9.89. The fourth-order valence-corrected chi connectivity index (χ4v) is 1.53. The summed E-state index contributed by atoms with van der Waals surface area (Å²) in [6.07, 6.45) is 1.54. The Kier molecular flexibility index (Phi) is 4.04. The number of thiazole rings is 1. The van der Waals surface area contributed by atoms with Crippen molar-refractivity contribution < 1.29 is 5.11 Å². The van der Waals surface area contributed by atoms with E-state index in [9.17, 15) is 5.11 Å². The van der Waals surface area contributed by atoms with E-state index in [0.29, 0.717) is 6.54 Å². The smallest absolute Gasteiger partial charge is 0.0794 e. The number of aliphatic hydroxyl groups is 1. The molecule has 1 rings (SSSR count). The number of hydrogen-bond donors (Lipinski definition) is 2. The highest BCUT2D eigenvalue weighted by atomic mass is 32.1. The lowest BCUT2D eigenvalue weighted by Gasteiger charge is -2.25. The maximum absolute atomic E-state index is 9.74. The van der Waals surface area contributed by atoms with Gasteiger partial charge in [0.1, 0.15) is 0 Å². The first-order valence-electron chi connectivity index (χ1n) is 4.76. The molecule has 0 fully saturated rings. The quantitative estimate of drug-likeness (QED) is 0.801. The first-order valence-corrected chi connectivity index (χ1v) is 5.64. The van der Waals surface area contributed by atoms with Crippen molar-refractivity contribution in [1.82, 2.24) is 10.3 Å². The number of aliphatic hydroxyl groups excluding tert-OH is 1. The molecule has 1 heterocycles. The average Bonchev–Trinajstić information content (AvgIpc) is 2.55. The zero-order valence-corrected chi connectivity index (χ0v) is 9.77. The molecule has 0 bridgehead atoms. The molecule has 0 aliphatic rings. The van der Waals surface area contributed by atoms with Gasteiger partial charge in [-0.05, 0) is 5.41 Å². The molecule has 0 saturated carbocycles. The summed E-state index contributed by atoms with van der Waals surface area (Å²) in [5, 5.41) is 13.0. The minimum absolute atomic E-state index is 0.0549. The molecule has 0 amide bonds. The Labute approximate surface area is 89.2 Å². The lowest BCUT2D eigenvalue weighted by molar-refractivity contribution is 0.0628. The van der Waals surface area contributed by atoms with Gasteiger partial charge in [-0.1, -0.05) is 20.8 Å². The first kappa shape index (κ1) is 11.6. The third-order valence-corrected chi connectivity index (χ3v) is 2.90. The van der Waals surface area contributed by atoms with Crippen LogP contribution in [0.1, 0.15) is 25.6 Å². The van der Waals surface area contributed by atoms with Gasteiger partial charge in [0.2, 0.25) is 0 Å². The van der Waals surface area contributed by atoms with Gasteiger partial charge in [0.25, 0.3) is 0 Å². The maximum Gasteiger partial charge on any atom is 0.0794 e. The van der Waals surface area contributed by atoms with Crippen LogP contribution in [0.2, 0.25) is 0 Å². The van der Waals surface area contributed by atoms with E-state index in [-0.39, 0.29) is 11.5 Å². The number of hydrogen-bond acceptors (Lipinski definition) is 4. The van der Waals surface area contributed by atoms with Crippen molar-refractivity contribution in [3.8, 4) is 0 Å². The predicted molar refractivity (Wildman–Crippen MR) is 59.3 cm³/mol. The molecular formula is C10H18N2OS. The zero-order chi connectivity index (χ0) is 10.6.